The highest BCUT2D eigenvalue weighted by Crippen LogP contribution is 2.08. The summed E-state index contributed by atoms with van der Waals surface area (Å²) in [6, 6.07) is -1.63. The number of carboxylic acid groups (broad SMARTS) is 1. The smallest absolute Gasteiger partial charge is 0.326 e. The molecule has 21 heavy (non-hydrogen) atoms. The molecule has 0 saturated carbocycles. The molecule has 0 aromatic heterocycles. The lowest BCUT2D eigenvalue weighted by molar-refractivity contribution is -0.140. The Labute approximate surface area is 125 Å². The first kappa shape index (κ1) is 19.7. The van der Waals surface area contributed by atoms with E-state index in [4.69, 9.17) is 5.11 Å². The Balaban J connectivity index is 4.53. The molecule has 9 heteroatoms. The second kappa shape index (κ2) is 7.60. The summed E-state index contributed by atoms with van der Waals surface area (Å²) >= 11 is 0. The molecule has 0 unspecified atom stereocenters. The average Bonchev–Trinajstić information content (AvgIpc) is 2.29. The van der Waals surface area contributed by atoms with E-state index in [0.717, 1.165) is 6.26 Å². The van der Waals surface area contributed by atoms with Crippen LogP contribution in [0, 0.1) is 5.92 Å². The van der Waals surface area contributed by atoms with E-state index < -0.39 is 33.6 Å². The highest BCUT2D eigenvalue weighted by atomic mass is 32.2. The third-order valence-electron chi connectivity index (χ3n) is 2.92. The summed E-state index contributed by atoms with van der Waals surface area (Å²) in [4.78, 5) is 22.8. The minimum Gasteiger partial charge on any atom is -0.480 e. The van der Waals surface area contributed by atoms with Gasteiger partial charge in [-0.2, -0.15) is 0 Å². The maximum Gasteiger partial charge on any atom is 0.326 e. The number of carbonyl (C=O) groups excluding carboxylic acids is 1. The first-order chi connectivity index (χ1) is 9.38. The van der Waals surface area contributed by atoms with E-state index in [2.05, 4.69) is 15.4 Å². The summed E-state index contributed by atoms with van der Waals surface area (Å²) in [6.45, 7) is 6.81. The quantitative estimate of drug-likeness (QED) is 0.505. The number of amides is 2. The Morgan fingerprint density at radius 3 is 2.19 bits per heavy atom. The van der Waals surface area contributed by atoms with Gasteiger partial charge in [0.25, 0.3) is 0 Å². The number of rotatable bonds is 8. The summed E-state index contributed by atoms with van der Waals surface area (Å²) in [5.74, 6) is -1.32. The van der Waals surface area contributed by atoms with Crippen molar-refractivity contribution in [1.82, 2.24) is 15.4 Å². The number of urea groups is 1. The van der Waals surface area contributed by atoms with Crippen LogP contribution in [0.15, 0.2) is 0 Å². The van der Waals surface area contributed by atoms with Crippen molar-refractivity contribution in [3.63, 3.8) is 0 Å². The predicted molar refractivity (Wildman–Crippen MR) is 79.5 cm³/mol. The molecule has 0 saturated heterocycles. The largest absolute Gasteiger partial charge is 0.480 e. The van der Waals surface area contributed by atoms with Crippen molar-refractivity contribution >= 4 is 22.0 Å². The third-order valence-corrected chi connectivity index (χ3v) is 3.84. The highest BCUT2D eigenvalue weighted by Gasteiger charge is 2.27. The Kier molecular flexibility index (Phi) is 7.11. The zero-order valence-corrected chi connectivity index (χ0v) is 13.9. The second-order valence-corrected chi connectivity index (χ2v) is 7.54. The first-order valence-electron chi connectivity index (χ1n) is 6.64. The van der Waals surface area contributed by atoms with E-state index >= 15 is 0 Å². The molecular weight excluding hydrogens is 298 g/mol. The van der Waals surface area contributed by atoms with Crippen molar-refractivity contribution in [3.8, 4) is 0 Å². The van der Waals surface area contributed by atoms with Crippen LogP contribution in [0.4, 0.5) is 4.79 Å². The van der Waals surface area contributed by atoms with E-state index in [1.54, 1.807) is 20.8 Å². The minimum atomic E-state index is -3.40. The van der Waals surface area contributed by atoms with Crippen LogP contribution in [0.1, 0.15) is 34.1 Å². The molecule has 0 bridgehead atoms. The van der Waals surface area contributed by atoms with Crippen LogP contribution in [-0.2, 0) is 14.8 Å². The lowest BCUT2D eigenvalue weighted by Gasteiger charge is -2.26. The number of aliphatic carboxylic acids is 1. The van der Waals surface area contributed by atoms with Crippen molar-refractivity contribution < 1.29 is 23.1 Å². The highest BCUT2D eigenvalue weighted by molar-refractivity contribution is 7.88. The molecule has 0 aliphatic carbocycles. The van der Waals surface area contributed by atoms with Crippen LogP contribution < -0.4 is 15.4 Å². The molecular formula is C12H25N3O5S. The average molecular weight is 323 g/mol. The van der Waals surface area contributed by atoms with Gasteiger partial charge in [-0.05, 0) is 19.8 Å². The van der Waals surface area contributed by atoms with E-state index in [-0.39, 0.29) is 12.5 Å². The summed E-state index contributed by atoms with van der Waals surface area (Å²) < 4.78 is 24.7. The van der Waals surface area contributed by atoms with Gasteiger partial charge in [0.2, 0.25) is 10.0 Å². The fourth-order valence-electron chi connectivity index (χ4n) is 1.71. The molecule has 0 rings (SSSR count). The molecule has 0 aliphatic rings. The normalized spacial score (nSPS) is 15.1. The Morgan fingerprint density at radius 1 is 1.29 bits per heavy atom. The van der Waals surface area contributed by atoms with Crippen molar-refractivity contribution in [2.75, 3.05) is 12.8 Å². The third kappa shape index (κ3) is 8.51. The zero-order valence-electron chi connectivity index (χ0n) is 13.1. The molecule has 2 atom stereocenters. The van der Waals surface area contributed by atoms with Crippen molar-refractivity contribution in [3.05, 3.63) is 0 Å². The zero-order chi connectivity index (χ0) is 16.8. The molecule has 2 amide bonds. The van der Waals surface area contributed by atoms with Gasteiger partial charge >= 0.3 is 12.0 Å². The van der Waals surface area contributed by atoms with Crippen LogP contribution in [0.5, 0.6) is 0 Å². The maximum absolute atomic E-state index is 11.7. The predicted octanol–water partition coefficient (Wildman–Crippen LogP) is 0.113. The Bertz CT molecular complexity index is 475. The van der Waals surface area contributed by atoms with Crippen LogP contribution >= 0.6 is 0 Å². The Morgan fingerprint density at radius 2 is 1.81 bits per heavy atom. The number of hydrogen-bond acceptors (Lipinski definition) is 4. The van der Waals surface area contributed by atoms with Gasteiger partial charge in [0.1, 0.15) is 6.04 Å². The minimum absolute atomic E-state index is 0.0265. The fourth-order valence-corrected chi connectivity index (χ4v) is 2.79. The van der Waals surface area contributed by atoms with Crippen LogP contribution in [0.25, 0.3) is 0 Å². The lowest BCUT2D eigenvalue weighted by atomic mass is 9.99. The molecule has 0 radical (unpaired) electrons. The molecule has 0 spiro atoms. The number of nitrogens with one attached hydrogen (secondary N) is 3. The van der Waals surface area contributed by atoms with Gasteiger partial charge in [-0.3, -0.25) is 0 Å². The van der Waals surface area contributed by atoms with Gasteiger partial charge in [0.15, 0.2) is 0 Å². The standard InChI is InChI=1S/C12H25N3O5S/c1-6-8(2)9(10(16)17)14-11(18)13-7-12(3,4)15-21(5,19)20/h8-9,15H,6-7H2,1-5H3,(H,16,17)(H2,13,14,18)/t8-,9-/m0/s1. The van der Waals surface area contributed by atoms with Gasteiger partial charge in [0, 0.05) is 12.1 Å². The van der Waals surface area contributed by atoms with E-state index in [1.807, 2.05) is 6.92 Å². The molecule has 0 aromatic carbocycles. The van der Waals surface area contributed by atoms with Crippen LogP contribution in [0.3, 0.4) is 0 Å². The number of carbonyl (C=O) groups is 2. The number of sulfonamides is 1. The fraction of sp³-hybridized carbons (Fsp3) is 0.833. The molecule has 4 N–H and O–H groups in total. The second-order valence-electron chi connectivity index (χ2n) is 5.79. The van der Waals surface area contributed by atoms with Gasteiger partial charge < -0.3 is 15.7 Å². The van der Waals surface area contributed by atoms with E-state index in [9.17, 15) is 18.0 Å². The van der Waals surface area contributed by atoms with E-state index in [1.165, 1.54) is 0 Å². The summed E-state index contributed by atoms with van der Waals surface area (Å²) in [7, 11) is -3.40. The molecule has 0 fully saturated rings. The summed E-state index contributed by atoms with van der Waals surface area (Å²) in [5.41, 5.74) is -0.875. The van der Waals surface area contributed by atoms with Gasteiger partial charge in [-0.1, -0.05) is 20.3 Å². The summed E-state index contributed by atoms with van der Waals surface area (Å²) in [6.07, 6.45) is 1.64. The Hall–Kier alpha value is -1.35. The first-order valence-corrected chi connectivity index (χ1v) is 8.53. The van der Waals surface area contributed by atoms with Crippen molar-refractivity contribution in [1.29, 1.82) is 0 Å². The van der Waals surface area contributed by atoms with Gasteiger partial charge in [0.05, 0.1) is 6.26 Å². The monoisotopic (exact) mass is 323 g/mol. The van der Waals surface area contributed by atoms with Gasteiger partial charge in [-0.15, -0.1) is 0 Å². The van der Waals surface area contributed by atoms with Crippen LogP contribution in [-0.4, -0.2) is 49.9 Å². The lowest BCUT2D eigenvalue weighted by Crippen LogP contribution is -2.55. The maximum atomic E-state index is 11.7. The van der Waals surface area contributed by atoms with Crippen molar-refractivity contribution in [2.24, 2.45) is 5.92 Å². The molecule has 8 nitrogen and oxygen atoms in total. The summed E-state index contributed by atoms with van der Waals surface area (Å²) in [5, 5.41) is 13.9. The van der Waals surface area contributed by atoms with Gasteiger partial charge in [-0.25, -0.2) is 22.7 Å². The molecule has 124 valence electrons. The molecule has 0 aliphatic heterocycles. The van der Waals surface area contributed by atoms with Crippen LogP contribution in [0.2, 0.25) is 0 Å². The van der Waals surface area contributed by atoms with E-state index in [0.29, 0.717) is 6.42 Å². The topological polar surface area (TPSA) is 125 Å². The SMILES string of the molecule is CC[C@H](C)[C@H](NC(=O)NCC(C)(C)NS(C)(=O)=O)C(=O)O. The molecule has 0 aromatic rings. The molecule has 0 heterocycles. The number of carboxylic acids is 1. The number of hydrogen-bond donors (Lipinski definition) is 4. The van der Waals surface area contributed by atoms with Crippen molar-refractivity contribution in [2.45, 2.75) is 45.7 Å².